The molecule has 0 saturated heterocycles. The van der Waals surface area contributed by atoms with Gasteiger partial charge in [0.05, 0.1) is 18.4 Å². The first kappa shape index (κ1) is 20.3. The molecular formula is C20H22N2O4S2. The van der Waals surface area contributed by atoms with Gasteiger partial charge < -0.3 is 14.5 Å². The number of hydrogen-bond donors (Lipinski definition) is 2. The molecule has 1 aliphatic rings. The average Bonchev–Trinajstić information content (AvgIpc) is 3.26. The largest absolute Gasteiger partial charge is 0.465 e. The minimum absolute atomic E-state index is 0.131. The molecule has 148 valence electrons. The molecule has 0 radical (unpaired) electrons. The Kier molecular flexibility index (Phi) is 6.64. The van der Waals surface area contributed by atoms with Crippen molar-refractivity contribution in [1.29, 1.82) is 0 Å². The summed E-state index contributed by atoms with van der Waals surface area (Å²) in [6, 6.07) is 3.48. The van der Waals surface area contributed by atoms with Crippen LogP contribution in [0.3, 0.4) is 0 Å². The molecule has 0 saturated carbocycles. The van der Waals surface area contributed by atoms with Gasteiger partial charge in [0, 0.05) is 11.0 Å². The number of carbonyl (C=O) groups is 2. The molecule has 28 heavy (non-hydrogen) atoms. The van der Waals surface area contributed by atoms with Crippen LogP contribution in [0.4, 0.5) is 5.00 Å². The minimum atomic E-state index is -0.387. The van der Waals surface area contributed by atoms with E-state index in [4.69, 9.17) is 21.4 Å². The first-order valence-electron chi connectivity index (χ1n) is 9.13. The molecule has 2 N–H and O–H groups in total. The maximum atomic E-state index is 12.5. The fourth-order valence-corrected chi connectivity index (χ4v) is 4.76. The van der Waals surface area contributed by atoms with E-state index in [-0.39, 0.29) is 17.0 Å². The smallest absolute Gasteiger partial charge is 0.341 e. The van der Waals surface area contributed by atoms with Crippen molar-refractivity contribution >= 4 is 51.6 Å². The number of rotatable bonds is 5. The van der Waals surface area contributed by atoms with Gasteiger partial charge in [-0.1, -0.05) is 6.92 Å². The highest BCUT2D eigenvalue weighted by atomic mass is 32.1. The summed E-state index contributed by atoms with van der Waals surface area (Å²) in [4.78, 5) is 25.7. The average molecular weight is 419 g/mol. The summed E-state index contributed by atoms with van der Waals surface area (Å²) in [6.45, 7) is 4.29. The zero-order valence-corrected chi connectivity index (χ0v) is 17.4. The Morgan fingerprint density at radius 1 is 1.46 bits per heavy atom. The summed E-state index contributed by atoms with van der Waals surface area (Å²) in [5, 5.41) is 6.35. The topological polar surface area (TPSA) is 80.6 Å². The van der Waals surface area contributed by atoms with Gasteiger partial charge in [0.15, 0.2) is 5.11 Å². The second kappa shape index (κ2) is 9.16. The van der Waals surface area contributed by atoms with Crippen molar-refractivity contribution in [1.82, 2.24) is 5.32 Å². The zero-order chi connectivity index (χ0) is 20.1. The van der Waals surface area contributed by atoms with Crippen molar-refractivity contribution in [3.05, 3.63) is 46.2 Å². The third kappa shape index (κ3) is 4.88. The maximum absolute atomic E-state index is 12.5. The van der Waals surface area contributed by atoms with E-state index >= 15 is 0 Å². The van der Waals surface area contributed by atoms with Gasteiger partial charge in [0.25, 0.3) is 0 Å². The van der Waals surface area contributed by atoms with Gasteiger partial charge in [-0.15, -0.1) is 11.3 Å². The molecule has 2 aromatic heterocycles. The summed E-state index contributed by atoms with van der Waals surface area (Å²) >= 11 is 6.76. The molecular weight excluding hydrogens is 396 g/mol. The molecule has 0 spiro atoms. The lowest BCUT2D eigenvalue weighted by atomic mass is 9.88. The zero-order valence-electron chi connectivity index (χ0n) is 15.7. The van der Waals surface area contributed by atoms with Crippen LogP contribution in [0, 0.1) is 5.92 Å². The van der Waals surface area contributed by atoms with E-state index in [0.717, 1.165) is 24.8 Å². The number of furan rings is 1. The number of fused-ring (bicyclic) bond motifs is 1. The summed E-state index contributed by atoms with van der Waals surface area (Å²) < 4.78 is 10.4. The molecule has 0 bridgehead atoms. The lowest BCUT2D eigenvalue weighted by molar-refractivity contribution is -0.115. The number of thiophene rings is 1. The molecule has 1 amide bonds. The summed E-state index contributed by atoms with van der Waals surface area (Å²) in [7, 11) is 0. The van der Waals surface area contributed by atoms with E-state index in [1.165, 1.54) is 28.6 Å². The van der Waals surface area contributed by atoms with Gasteiger partial charge in [0.2, 0.25) is 5.91 Å². The number of carbonyl (C=O) groups excluding carboxylic acids is 2. The third-order valence-corrected chi connectivity index (χ3v) is 5.77. The quantitative estimate of drug-likeness (QED) is 0.431. The van der Waals surface area contributed by atoms with Gasteiger partial charge in [-0.25, -0.2) is 4.79 Å². The number of anilines is 1. The van der Waals surface area contributed by atoms with E-state index in [1.54, 1.807) is 25.1 Å². The van der Waals surface area contributed by atoms with E-state index in [2.05, 4.69) is 17.6 Å². The fraction of sp³-hybridized carbons (Fsp3) is 0.350. The number of amides is 1. The Morgan fingerprint density at radius 2 is 2.29 bits per heavy atom. The predicted octanol–water partition coefficient (Wildman–Crippen LogP) is 4.17. The van der Waals surface area contributed by atoms with Crippen molar-refractivity contribution in [2.45, 2.75) is 33.1 Å². The molecule has 1 aliphatic carbocycles. The normalized spacial score (nSPS) is 15.9. The van der Waals surface area contributed by atoms with Crippen LogP contribution < -0.4 is 10.6 Å². The lowest BCUT2D eigenvalue weighted by Gasteiger charge is -2.18. The lowest BCUT2D eigenvalue weighted by Crippen LogP contribution is -2.33. The Hall–Kier alpha value is -2.45. The van der Waals surface area contributed by atoms with E-state index in [0.29, 0.717) is 28.8 Å². The van der Waals surface area contributed by atoms with Crippen LogP contribution in [-0.4, -0.2) is 23.6 Å². The highest BCUT2D eigenvalue weighted by Crippen LogP contribution is 2.40. The van der Waals surface area contributed by atoms with Gasteiger partial charge in [-0.3, -0.25) is 10.1 Å². The molecule has 8 heteroatoms. The number of hydrogen-bond acceptors (Lipinski definition) is 6. The van der Waals surface area contributed by atoms with Crippen LogP contribution >= 0.6 is 23.6 Å². The Labute approximate surface area is 173 Å². The van der Waals surface area contributed by atoms with Crippen molar-refractivity contribution in [3.63, 3.8) is 0 Å². The molecule has 0 fully saturated rings. The van der Waals surface area contributed by atoms with Crippen LogP contribution in [0.1, 0.15) is 46.8 Å². The molecule has 2 heterocycles. The van der Waals surface area contributed by atoms with E-state index in [9.17, 15) is 9.59 Å². The Balaban J connectivity index is 1.72. The summed E-state index contributed by atoms with van der Waals surface area (Å²) in [5.41, 5.74) is 1.58. The molecule has 2 aromatic rings. The minimum Gasteiger partial charge on any atom is -0.465 e. The monoisotopic (exact) mass is 418 g/mol. The fourth-order valence-electron chi connectivity index (χ4n) is 3.09. The third-order valence-electron chi connectivity index (χ3n) is 4.40. The maximum Gasteiger partial charge on any atom is 0.341 e. The van der Waals surface area contributed by atoms with Crippen molar-refractivity contribution in [2.75, 3.05) is 11.9 Å². The van der Waals surface area contributed by atoms with Crippen molar-refractivity contribution in [2.24, 2.45) is 5.92 Å². The predicted molar refractivity (Wildman–Crippen MR) is 114 cm³/mol. The highest BCUT2D eigenvalue weighted by molar-refractivity contribution is 7.80. The second-order valence-electron chi connectivity index (χ2n) is 6.57. The molecule has 3 rings (SSSR count). The van der Waals surface area contributed by atoms with Gasteiger partial charge in [0.1, 0.15) is 10.8 Å². The number of esters is 1. The van der Waals surface area contributed by atoms with Gasteiger partial charge >= 0.3 is 5.97 Å². The molecule has 6 nitrogen and oxygen atoms in total. The van der Waals surface area contributed by atoms with Crippen LogP contribution in [-0.2, 0) is 22.4 Å². The van der Waals surface area contributed by atoms with E-state index < -0.39 is 0 Å². The molecule has 0 aliphatic heterocycles. The van der Waals surface area contributed by atoms with Crippen LogP contribution in [0.5, 0.6) is 0 Å². The van der Waals surface area contributed by atoms with Crippen LogP contribution in [0.15, 0.2) is 28.9 Å². The number of thiocarbonyl (C=S) groups is 1. The van der Waals surface area contributed by atoms with Gasteiger partial charge in [-0.2, -0.15) is 0 Å². The first-order chi connectivity index (χ1) is 13.5. The molecule has 0 aromatic carbocycles. The molecule has 1 atom stereocenters. The Bertz CT molecular complexity index is 900. The summed E-state index contributed by atoms with van der Waals surface area (Å²) in [6.07, 6.45) is 7.22. The van der Waals surface area contributed by atoms with Crippen LogP contribution in [0.2, 0.25) is 0 Å². The standard InChI is InChI=1S/C20H22N2O4S2/c1-3-25-19(24)17-14-8-6-12(2)11-15(14)28-18(17)22-20(27)21-16(23)9-7-13-5-4-10-26-13/h4-5,7,9-10,12H,3,6,8,11H2,1-2H3,(H2,21,22,23,27). The van der Waals surface area contributed by atoms with Crippen LogP contribution in [0.25, 0.3) is 6.08 Å². The SMILES string of the molecule is CCOC(=O)c1c(NC(=S)NC(=O)C=Cc2ccco2)sc2c1CCC(C)C2. The second-order valence-corrected chi connectivity index (χ2v) is 8.08. The van der Waals surface area contributed by atoms with Crippen molar-refractivity contribution in [3.8, 4) is 0 Å². The first-order valence-corrected chi connectivity index (χ1v) is 10.4. The summed E-state index contributed by atoms with van der Waals surface area (Å²) in [5.74, 6) is 0.400. The number of nitrogens with one attached hydrogen (secondary N) is 2. The Morgan fingerprint density at radius 3 is 3.00 bits per heavy atom. The van der Waals surface area contributed by atoms with Crippen molar-refractivity contribution < 1.29 is 18.7 Å². The van der Waals surface area contributed by atoms with Gasteiger partial charge in [-0.05, 0) is 68.1 Å². The molecule has 1 unspecified atom stereocenters. The van der Waals surface area contributed by atoms with E-state index in [1.807, 2.05) is 0 Å². The number of ether oxygens (including phenoxy) is 1. The highest BCUT2D eigenvalue weighted by Gasteiger charge is 2.28.